The van der Waals surface area contributed by atoms with Crippen molar-refractivity contribution in [1.29, 1.82) is 0 Å². The molecule has 0 bridgehead atoms. The zero-order valence-electron chi connectivity index (χ0n) is 32.9. The van der Waals surface area contributed by atoms with Crippen molar-refractivity contribution in [3.63, 3.8) is 0 Å². The number of aryl methyl sites for hydroxylation is 1. The molecule has 6 aromatic rings. The molecule has 2 aliphatic rings. The monoisotopic (exact) mass is 802 g/mol. The number of carbonyl (C=O) groups is 1. The molecule has 4 atom stereocenters. The number of rotatable bonds is 10. The Labute approximate surface area is 336 Å². The van der Waals surface area contributed by atoms with E-state index in [1.54, 1.807) is 48.3 Å². The van der Waals surface area contributed by atoms with Gasteiger partial charge in [0.2, 0.25) is 12.2 Å². The van der Waals surface area contributed by atoms with Gasteiger partial charge in [-0.15, -0.1) is 0 Å². The van der Waals surface area contributed by atoms with E-state index in [9.17, 15) is 22.8 Å². The van der Waals surface area contributed by atoms with Gasteiger partial charge >= 0.3 is 11.8 Å². The van der Waals surface area contributed by atoms with Crippen LogP contribution in [0.25, 0.3) is 10.9 Å². The van der Waals surface area contributed by atoms with Crippen LogP contribution in [0.5, 0.6) is 5.88 Å². The highest BCUT2D eigenvalue weighted by Gasteiger charge is 2.47. The SMILES string of the molecule is CC[C@@H]1[C@@H](OCc2ccccc2)Oc2c(c(=O)n(C)c(=O)n2C)[C@@H]1C[C@@H]1c2c(c3ccccc3n2S(=O)(=O)c2ccc(C)cc2)CCN1C(=O)OCc1ccccc1. The van der Waals surface area contributed by atoms with Crippen LogP contribution < -0.4 is 16.0 Å². The van der Waals surface area contributed by atoms with Gasteiger partial charge in [0, 0.05) is 37.9 Å². The van der Waals surface area contributed by atoms with Crippen LogP contribution in [0.15, 0.2) is 124 Å². The summed E-state index contributed by atoms with van der Waals surface area (Å²) >= 11 is 0. The molecule has 1 amide bonds. The van der Waals surface area contributed by atoms with Crippen molar-refractivity contribution >= 4 is 27.0 Å². The number of aromatic nitrogens is 3. The number of ether oxygens (including phenoxy) is 3. The van der Waals surface area contributed by atoms with Crippen molar-refractivity contribution in [3.05, 3.63) is 164 Å². The lowest BCUT2D eigenvalue weighted by molar-refractivity contribution is -0.146. The summed E-state index contributed by atoms with van der Waals surface area (Å²) in [4.78, 5) is 43.8. The van der Waals surface area contributed by atoms with Gasteiger partial charge < -0.3 is 14.2 Å². The number of carbonyl (C=O) groups excluding carboxylic acids is 1. The number of amides is 1. The summed E-state index contributed by atoms with van der Waals surface area (Å²) in [6, 6.07) is 32.2. The lowest BCUT2D eigenvalue weighted by atomic mass is 9.77. The summed E-state index contributed by atoms with van der Waals surface area (Å²) < 4.78 is 52.7. The molecule has 2 aliphatic heterocycles. The molecule has 0 saturated heterocycles. The van der Waals surface area contributed by atoms with Gasteiger partial charge in [0.15, 0.2) is 0 Å². The molecule has 58 heavy (non-hydrogen) atoms. The first-order valence-corrected chi connectivity index (χ1v) is 21.0. The minimum absolute atomic E-state index is 0.0101. The largest absolute Gasteiger partial charge is 0.449 e. The Bertz CT molecular complexity index is 2710. The van der Waals surface area contributed by atoms with E-state index in [0.717, 1.165) is 32.2 Å². The van der Waals surface area contributed by atoms with E-state index in [-0.39, 0.29) is 42.5 Å². The van der Waals surface area contributed by atoms with Gasteiger partial charge in [0.05, 0.1) is 34.3 Å². The Morgan fingerprint density at radius 3 is 2.14 bits per heavy atom. The van der Waals surface area contributed by atoms with Crippen LogP contribution in [0.2, 0.25) is 0 Å². The second kappa shape index (κ2) is 15.8. The third-order valence-electron chi connectivity index (χ3n) is 11.6. The first-order valence-electron chi connectivity index (χ1n) is 19.5. The predicted octanol–water partition coefficient (Wildman–Crippen LogP) is 6.96. The fourth-order valence-corrected chi connectivity index (χ4v) is 10.2. The summed E-state index contributed by atoms with van der Waals surface area (Å²) in [5.74, 6) is -1.02. The maximum atomic E-state index is 15.0. The third-order valence-corrected chi connectivity index (χ3v) is 13.3. The van der Waals surface area contributed by atoms with Gasteiger partial charge in [-0.3, -0.25) is 18.8 Å². The molecular formula is C45H46N4O8S. The van der Waals surface area contributed by atoms with Crippen LogP contribution in [0.4, 0.5) is 4.79 Å². The Kier molecular flexibility index (Phi) is 10.6. The van der Waals surface area contributed by atoms with Gasteiger partial charge in [0.25, 0.3) is 15.6 Å². The van der Waals surface area contributed by atoms with Crippen molar-refractivity contribution in [2.24, 2.45) is 20.0 Å². The molecule has 0 spiro atoms. The summed E-state index contributed by atoms with van der Waals surface area (Å²) in [5.41, 5.74) is 3.52. The van der Waals surface area contributed by atoms with Crippen LogP contribution in [-0.2, 0) is 53.2 Å². The van der Waals surface area contributed by atoms with E-state index in [1.165, 1.54) is 15.6 Å². The van der Waals surface area contributed by atoms with E-state index in [4.69, 9.17) is 14.2 Å². The van der Waals surface area contributed by atoms with Gasteiger partial charge in [-0.1, -0.05) is 103 Å². The summed E-state index contributed by atoms with van der Waals surface area (Å²) in [7, 11) is -1.26. The smallest absolute Gasteiger partial charge is 0.410 e. The summed E-state index contributed by atoms with van der Waals surface area (Å²) in [6.45, 7) is 4.32. The van der Waals surface area contributed by atoms with Crippen LogP contribution in [-0.4, -0.2) is 45.4 Å². The summed E-state index contributed by atoms with van der Waals surface area (Å²) in [5, 5.41) is 0.761. The fraction of sp³-hybridized carbons (Fsp3) is 0.311. The van der Waals surface area contributed by atoms with Crippen molar-refractivity contribution in [2.45, 2.75) is 69.5 Å². The average Bonchev–Trinajstić information content (AvgIpc) is 3.60. The number of nitrogens with zero attached hydrogens (tertiary/aromatic N) is 4. The average molecular weight is 803 g/mol. The molecule has 0 unspecified atom stereocenters. The molecule has 0 fully saturated rings. The first kappa shape index (κ1) is 38.9. The summed E-state index contributed by atoms with van der Waals surface area (Å²) in [6.07, 6.45) is -0.540. The van der Waals surface area contributed by atoms with E-state index in [1.807, 2.05) is 86.6 Å². The van der Waals surface area contributed by atoms with Crippen LogP contribution >= 0.6 is 0 Å². The molecule has 0 radical (unpaired) electrons. The van der Waals surface area contributed by atoms with Crippen molar-refractivity contribution in [3.8, 4) is 5.88 Å². The molecule has 4 aromatic carbocycles. The molecule has 0 saturated carbocycles. The first-order chi connectivity index (χ1) is 28.0. The van der Waals surface area contributed by atoms with E-state index in [0.29, 0.717) is 24.1 Å². The quantitative estimate of drug-likeness (QED) is 0.145. The molecule has 13 heteroatoms. The highest BCUT2D eigenvalue weighted by molar-refractivity contribution is 7.90. The second-order valence-electron chi connectivity index (χ2n) is 15.1. The van der Waals surface area contributed by atoms with E-state index >= 15 is 0 Å². The van der Waals surface area contributed by atoms with Gasteiger partial charge in [-0.2, -0.15) is 0 Å². The van der Waals surface area contributed by atoms with Gasteiger partial charge in [-0.05, 0) is 61.1 Å². The second-order valence-corrected chi connectivity index (χ2v) is 16.9. The number of fused-ring (bicyclic) bond motifs is 4. The number of para-hydroxylation sites is 1. The lowest BCUT2D eigenvalue weighted by Crippen LogP contribution is -2.49. The lowest BCUT2D eigenvalue weighted by Gasteiger charge is -2.43. The van der Waals surface area contributed by atoms with E-state index in [2.05, 4.69) is 0 Å². The highest BCUT2D eigenvalue weighted by Crippen LogP contribution is 2.49. The normalized spacial score (nSPS) is 19.0. The molecule has 2 aromatic heterocycles. The highest BCUT2D eigenvalue weighted by atomic mass is 32.2. The number of hydrogen-bond donors (Lipinski definition) is 0. The topological polar surface area (TPSA) is 131 Å². The van der Waals surface area contributed by atoms with Crippen LogP contribution in [0.1, 0.15) is 65.2 Å². The van der Waals surface area contributed by atoms with Gasteiger partial charge in [-0.25, -0.2) is 22.0 Å². The Balaban J connectivity index is 1.32. The molecule has 0 aliphatic carbocycles. The molecule has 12 nitrogen and oxygen atoms in total. The maximum absolute atomic E-state index is 15.0. The molecule has 300 valence electrons. The van der Waals surface area contributed by atoms with Gasteiger partial charge in [0.1, 0.15) is 6.61 Å². The fourth-order valence-electron chi connectivity index (χ4n) is 8.60. The zero-order chi connectivity index (χ0) is 40.7. The van der Waals surface area contributed by atoms with Crippen molar-refractivity contribution in [2.75, 3.05) is 6.54 Å². The Morgan fingerprint density at radius 2 is 1.47 bits per heavy atom. The Morgan fingerprint density at radius 1 is 0.828 bits per heavy atom. The molecule has 0 N–H and O–H groups in total. The number of hydrogen-bond acceptors (Lipinski definition) is 8. The number of benzene rings is 4. The standard InChI is InChI=1S/C45H46N4O8S/c1-5-33-36(39-41(50)46(3)44(51)47(4)42(39)57-43(33)55-27-30-14-8-6-9-15-30)26-38-40-35(24-25-48(38)45(52)56-28-31-16-10-7-11-17-31)34-18-12-13-19-37(34)49(40)58(53,54)32-22-20-29(2)21-23-32/h6-23,33,36,38,43H,5,24-28H2,1-4H3/t33-,36+,38+,43-/m0/s1. The minimum atomic E-state index is -4.24. The van der Waals surface area contributed by atoms with Crippen molar-refractivity contribution in [1.82, 2.24) is 18.0 Å². The molecule has 8 rings (SSSR count). The van der Waals surface area contributed by atoms with Crippen LogP contribution in [0.3, 0.4) is 0 Å². The Hall–Kier alpha value is -5.92. The van der Waals surface area contributed by atoms with Crippen LogP contribution in [0, 0.1) is 12.8 Å². The third kappa shape index (κ3) is 6.92. The minimum Gasteiger partial charge on any atom is -0.449 e. The van der Waals surface area contributed by atoms with E-state index < -0.39 is 51.5 Å². The zero-order valence-corrected chi connectivity index (χ0v) is 33.7. The van der Waals surface area contributed by atoms with Crippen molar-refractivity contribution < 1.29 is 27.4 Å². The maximum Gasteiger partial charge on any atom is 0.410 e. The molecule has 4 heterocycles. The predicted molar refractivity (Wildman–Crippen MR) is 219 cm³/mol. The molecular weight excluding hydrogens is 757 g/mol.